The number of hydrogen-bond acceptors (Lipinski definition) is 5. The Morgan fingerprint density at radius 3 is 2.50 bits per heavy atom. The number of hydrogen-bond donors (Lipinski definition) is 2. The number of nitrogens with zero attached hydrogens (tertiary/aromatic N) is 1. The van der Waals surface area contributed by atoms with Crippen LogP contribution in [0.15, 0.2) is 33.9 Å². The van der Waals surface area contributed by atoms with Gasteiger partial charge in [0.15, 0.2) is 11.5 Å². The molecule has 0 aliphatic carbocycles. The Kier molecular flexibility index (Phi) is 4.88. The van der Waals surface area contributed by atoms with E-state index in [4.69, 9.17) is 9.47 Å². The summed E-state index contributed by atoms with van der Waals surface area (Å²) in [4.78, 5) is 24.7. The van der Waals surface area contributed by atoms with E-state index in [1.165, 1.54) is 0 Å². The second kappa shape index (κ2) is 6.84. The van der Waals surface area contributed by atoms with Crippen LogP contribution in [0, 0.1) is 0 Å². The second-order valence-corrected chi connectivity index (χ2v) is 4.74. The first-order valence-corrected chi connectivity index (χ1v) is 6.79. The van der Waals surface area contributed by atoms with Crippen LogP contribution in [-0.2, 0) is 13.0 Å². The van der Waals surface area contributed by atoms with Crippen molar-refractivity contribution < 1.29 is 14.6 Å². The Hall–Kier alpha value is -2.70. The Labute approximate surface area is 126 Å². The second-order valence-electron chi connectivity index (χ2n) is 4.74. The lowest BCUT2D eigenvalue weighted by atomic mass is 10.1. The fourth-order valence-corrected chi connectivity index (χ4v) is 2.20. The van der Waals surface area contributed by atoms with Gasteiger partial charge in [-0.15, -0.1) is 0 Å². The van der Waals surface area contributed by atoms with Gasteiger partial charge < -0.3 is 14.6 Å². The highest BCUT2D eigenvalue weighted by molar-refractivity contribution is 5.42. The third-order valence-corrected chi connectivity index (χ3v) is 3.31. The van der Waals surface area contributed by atoms with Gasteiger partial charge in [-0.05, 0) is 30.5 Å². The molecule has 2 rings (SSSR count). The standard InChI is InChI=1S/C15H18N2O5/c1-21-11-6-5-10(8-12(11)22-2)4-3-7-17-14(19)9-13(18)16-15(17)20/h5-6,8-9,19H,3-4,7H2,1-2H3,(H,16,18,20). The van der Waals surface area contributed by atoms with E-state index >= 15 is 0 Å². The number of nitrogens with one attached hydrogen (secondary N) is 1. The molecule has 1 aromatic carbocycles. The number of aromatic amines is 1. The first-order valence-electron chi connectivity index (χ1n) is 6.79. The lowest BCUT2D eigenvalue weighted by molar-refractivity contribution is 0.354. The number of methoxy groups -OCH3 is 2. The van der Waals surface area contributed by atoms with Gasteiger partial charge in [-0.3, -0.25) is 14.3 Å². The molecule has 1 heterocycles. The lowest BCUT2D eigenvalue weighted by Crippen LogP contribution is -2.29. The molecule has 0 bridgehead atoms. The van der Waals surface area contributed by atoms with Crippen molar-refractivity contribution in [3.05, 3.63) is 50.7 Å². The summed E-state index contributed by atoms with van der Waals surface area (Å²) >= 11 is 0. The van der Waals surface area contributed by atoms with Crippen molar-refractivity contribution in [3.63, 3.8) is 0 Å². The van der Waals surface area contributed by atoms with Gasteiger partial charge in [0.05, 0.1) is 20.3 Å². The van der Waals surface area contributed by atoms with Gasteiger partial charge in [-0.25, -0.2) is 4.79 Å². The van der Waals surface area contributed by atoms with Gasteiger partial charge in [0.1, 0.15) is 0 Å². The molecule has 0 atom stereocenters. The summed E-state index contributed by atoms with van der Waals surface area (Å²) in [6.07, 6.45) is 1.31. The van der Waals surface area contributed by atoms with Crippen molar-refractivity contribution in [2.45, 2.75) is 19.4 Å². The van der Waals surface area contributed by atoms with Crippen molar-refractivity contribution in [3.8, 4) is 17.4 Å². The molecule has 7 heteroatoms. The average molecular weight is 306 g/mol. The first kappa shape index (κ1) is 15.7. The summed E-state index contributed by atoms with van der Waals surface area (Å²) in [5, 5.41) is 9.63. The predicted octanol–water partition coefficient (Wildman–Crippen LogP) is 0.892. The zero-order valence-electron chi connectivity index (χ0n) is 12.5. The molecule has 0 saturated heterocycles. The SMILES string of the molecule is COc1ccc(CCCn2c(O)cc(=O)[nH]c2=O)cc1OC. The maximum absolute atomic E-state index is 11.6. The molecule has 1 aromatic heterocycles. The van der Waals surface area contributed by atoms with Gasteiger partial charge in [-0.2, -0.15) is 0 Å². The quantitative estimate of drug-likeness (QED) is 0.827. The number of H-pyrrole nitrogens is 1. The van der Waals surface area contributed by atoms with Crippen LogP contribution in [0.5, 0.6) is 17.4 Å². The van der Waals surface area contributed by atoms with Gasteiger partial charge in [0, 0.05) is 6.54 Å². The maximum Gasteiger partial charge on any atom is 0.331 e. The summed E-state index contributed by atoms with van der Waals surface area (Å²) < 4.78 is 11.5. The highest BCUT2D eigenvalue weighted by atomic mass is 16.5. The zero-order valence-corrected chi connectivity index (χ0v) is 12.5. The number of aryl methyl sites for hydroxylation is 1. The minimum absolute atomic E-state index is 0.301. The molecule has 0 spiro atoms. The molecule has 0 amide bonds. The Bertz CT molecular complexity index is 763. The zero-order chi connectivity index (χ0) is 16.1. The minimum Gasteiger partial charge on any atom is -0.494 e. The summed E-state index contributed by atoms with van der Waals surface area (Å²) in [7, 11) is 3.14. The molecule has 0 saturated carbocycles. The maximum atomic E-state index is 11.6. The molecule has 0 fully saturated rings. The fourth-order valence-electron chi connectivity index (χ4n) is 2.20. The van der Waals surface area contributed by atoms with E-state index in [9.17, 15) is 14.7 Å². The normalized spacial score (nSPS) is 10.5. The lowest BCUT2D eigenvalue weighted by Gasteiger charge is -2.10. The highest BCUT2D eigenvalue weighted by Gasteiger charge is 2.07. The Morgan fingerprint density at radius 1 is 1.14 bits per heavy atom. The largest absolute Gasteiger partial charge is 0.494 e. The molecule has 7 nitrogen and oxygen atoms in total. The number of aromatic nitrogens is 2. The van der Waals surface area contributed by atoms with Gasteiger partial charge in [0.25, 0.3) is 5.56 Å². The highest BCUT2D eigenvalue weighted by Crippen LogP contribution is 2.28. The molecule has 0 aliphatic rings. The van der Waals surface area contributed by atoms with E-state index in [2.05, 4.69) is 4.98 Å². The van der Waals surface area contributed by atoms with Crippen LogP contribution < -0.4 is 20.7 Å². The molecule has 0 radical (unpaired) electrons. The van der Waals surface area contributed by atoms with E-state index < -0.39 is 11.2 Å². The fraction of sp³-hybridized carbons (Fsp3) is 0.333. The van der Waals surface area contributed by atoms with Crippen LogP contribution >= 0.6 is 0 Å². The molecule has 22 heavy (non-hydrogen) atoms. The van der Waals surface area contributed by atoms with Crippen molar-refractivity contribution >= 4 is 0 Å². The number of ether oxygens (including phenoxy) is 2. The van der Waals surface area contributed by atoms with E-state index in [1.807, 2.05) is 18.2 Å². The van der Waals surface area contributed by atoms with E-state index in [-0.39, 0.29) is 5.88 Å². The van der Waals surface area contributed by atoms with Crippen LogP contribution in [0.1, 0.15) is 12.0 Å². The van der Waals surface area contributed by atoms with Gasteiger partial charge >= 0.3 is 5.69 Å². The monoisotopic (exact) mass is 306 g/mol. The molecule has 2 aromatic rings. The average Bonchev–Trinajstić information content (AvgIpc) is 2.49. The summed E-state index contributed by atoms with van der Waals surface area (Å²) in [5.74, 6) is 0.964. The number of rotatable bonds is 6. The van der Waals surface area contributed by atoms with Crippen LogP contribution in [0.2, 0.25) is 0 Å². The van der Waals surface area contributed by atoms with Gasteiger partial charge in [0.2, 0.25) is 5.88 Å². The topological polar surface area (TPSA) is 93.5 Å². The van der Waals surface area contributed by atoms with Crippen LogP contribution in [0.25, 0.3) is 0 Å². The molecule has 118 valence electrons. The Balaban J connectivity index is 2.06. The van der Waals surface area contributed by atoms with Crippen molar-refractivity contribution in [2.75, 3.05) is 14.2 Å². The summed E-state index contributed by atoms with van der Waals surface area (Å²) in [6.45, 7) is 0.301. The summed E-state index contributed by atoms with van der Waals surface area (Å²) in [5.41, 5.74) is -0.203. The predicted molar refractivity (Wildman–Crippen MR) is 80.9 cm³/mol. The van der Waals surface area contributed by atoms with Gasteiger partial charge in [-0.1, -0.05) is 6.07 Å². The number of benzene rings is 1. The van der Waals surface area contributed by atoms with Crippen molar-refractivity contribution in [1.82, 2.24) is 9.55 Å². The van der Waals surface area contributed by atoms with Crippen LogP contribution in [-0.4, -0.2) is 28.9 Å². The van der Waals surface area contributed by atoms with Crippen LogP contribution in [0.4, 0.5) is 0 Å². The Morgan fingerprint density at radius 2 is 1.86 bits per heavy atom. The molecule has 0 aliphatic heterocycles. The minimum atomic E-state index is -0.614. The molecule has 0 unspecified atom stereocenters. The third kappa shape index (κ3) is 3.49. The van der Waals surface area contributed by atoms with E-state index in [1.54, 1.807) is 14.2 Å². The van der Waals surface area contributed by atoms with Crippen LogP contribution in [0.3, 0.4) is 0 Å². The summed E-state index contributed by atoms with van der Waals surface area (Å²) in [6, 6.07) is 6.58. The molecule has 2 N–H and O–H groups in total. The first-order chi connectivity index (χ1) is 10.5. The molecular formula is C15H18N2O5. The molecular weight excluding hydrogens is 288 g/mol. The third-order valence-electron chi connectivity index (χ3n) is 3.31. The van der Waals surface area contributed by atoms with E-state index in [0.717, 1.165) is 16.2 Å². The van der Waals surface area contributed by atoms with E-state index in [0.29, 0.717) is 30.9 Å². The van der Waals surface area contributed by atoms with Crippen molar-refractivity contribution in [1.29, 1.82) is 0 Å². The van der Waals surface area contributed by atoms with Crippen molar-refractivity contribution in [2.24, 2.45) is 0 Å². The number of aromatic hydroxyl groups is 1. The smallest absolute Gasteiger partial charge is 0.331 e.